The Balaban J connectivity index is 1.58. The summed E-state index contributed by atoms with van der Waals surface area (Å²) in [6, 6.07) is 10.2. The van der Waals surface area contributed by atoms with E-state index in [1.807, 2.05) is 18.2 Å². The molecule has 5 heteroatoms. The standard InChI is InChI=1S/C16H18N2O3/c19-16(20)13-8-7-12(10-13)15-17-14(18-21-15)9-6-11-4-2-1-3-5-11/h1-5,12-13H,6-10H2,(H,19,20). The minimum Gasteiger partial charge on any atom is -0.481 e. The zero-order valence-corrected chi connectivity index (χ0v) is 11.7. The summed E-state index contributed by atoms with van der Waals surface area (Å²) in [6.07, 6.45) is 3.74. The first-order chi connectivity index (χ1) is 10.2. The van der Waals surface area contributed by atoms with Crippen LogP contribution in [0.15, 0.2) is 34.9 Å². The van der Waals surface area contributed by atoms with Crippen molar-refractivity contribution < 1.29 is 14.4 Å². The number of aliphatic carboxylic acids is 1. The second kappa shape index (κ2) is 6.08. The van der Waals surface area contributed by atoms with Crippen LogP contribution in [0.25, 0.3) is 0 Å². The Morgan fingerprint density at radius 3 is 2.76 bits per heavy atom. The van der Waals surface area contributed by atoms with Gasteiger partial charge in [-0.25, -0.2) is 0 Å². The Kier molecular flexibility index (Phi) is 3.99. The van der Waals surface area contributed by atoms with E-state index in [1.54, 1.807) is 0 Å². The monoisotopic (exact) mass is 286 g/mol. The summed E-state index contributed by atoms with van der Waals surface area (Å²) in [5, 5.41) is 13.0. The fourth-order valence-corrected chi connectivity index (χ4v) is 2.87. The average molecular weight is 286 g/mol. The van der Waals surface area contributed by atoms with Crippen molar-refractivity contribution >= 4 is 5.97 Å². The van der Waals surface area contributed by atoms with Gasteiger partial charge in [-0.2, -0.15) is 4.98 Å². The lowest BCUT2D eigenvalue weighted by Gasteiger charge is -2.02. The Hall–Kier alpha value is -2.17. The van der Waals surface area contributed by atoms with E-state index in [9.17, 15) is 4.79 Å². The Morgan fingerprint density at radius 1 is 1.24 bits per heavy atom. The van der Waals surface area contributed by atoms with Gasteiger partial charge in [-0.05, 0) is 31.2 Å². The van der Waals surface area contributed by atoms with E-state index in [0.29, 0.717) is 24.6 Å². The highest BCUT2D eigenvalue weighted by Crippen LogP contribution is 2.37. The lowest BCUT2D eigenvalue weighted by Crippen LogP contribution is -2.09. The van der Waals surface area contributed by atoms with Crippen molar-refractivity contribution in [3.63, 3.8) is 0 Å². The molecule has 1 fully saturated rings. The van der Waals surface area contributed by atoms with Crippen molar-refractivity contribution in [3.8, 4) is 0 Å². The quantitative estimate of drug-likeness (QED) is 0.914. The number of carbonyl (C=O) groups is 1. The number of aromatic nitrogens is 2. The third-order valence-electron chi connectivity index (χ3n) is 4.10. The predicted octanol–water partition coefficient (Wildman–Crippen LogP) is 2.82. The molecule has 0 spiro atoms. The molecular formula is C16H18N2O3. The minimum atomic E-state index is -0.721. The zero-order valence-electron chi connectivity index (χ0n) is 11.7. The number of benzene rings is 1. The molecule has 1 N–H and O–H groups in total. The summed E-state index contributed by atoms with van der Waals surface area (Å²) in [5.41, 5.74) is 1.25. The maximum atomic E-state index is 11.0. The number of rotatable bonds is 5. The molecule has 21 heavy (non-hydrogen) atoms. The second-order valence-electron chi connectivity index (χ2n) is 5.58. The highest BCUT2D eigenvalue weighted by atomic mass is 16.5. The molecule has 1 aliphatic carbocycles. The van der Waals surface area contributed by atoms with Crippen molar-refractivity contribution in [1.29, 1.82) is 0 Å². The molecule has 0 aliphatic heterocycles. The summed E-state index contributed by atoms with van der Waals surface area (Å²) < 4.78 is 5.31. The van der Waals surface area contributed by atoms with E-state index in [4.69, 9.17) is 9.63 Å². The SMILES string of the molecule is O=C(O)C1CCC(c2nc(CCc3ccccc3)no2)C1. The number of nitrogens with zero attached hydrogens (tertiary/aromatic N) is 2. The Labute approximate surface area is 123 Å². The van der Waals surface area contributed by atoms with Gasteiger partial charge in [0.05, 0.1) is 5.92 Å². The number of hydrogen-bond acceptors (Lipinski definition) is 4. The average Bonchev–Trinajstić information content (AvgIpc) is 3.15. The zero-order chi connectivity index (χ0) is 14.7. The van der Waals surface area contributed by atoms with Gasteiger partial charge in [0.15, 0.2) is 5.82 Å². The molecule has 2 atom stereocenters. The van der Waals surface area contributed by atoms with E-state index in [0.717, 1.165) is 19.3 Å². The smallest absolute Gasteiger partial charge is 0.306 e. The molecule has 2 unspecified atom stereocenters. The molecule has 2 aromatic rings. The third-order valence-corrected chi connectivity index (χ3v) is 4.10. The molecule has 0 amide bonds. The van der Waals surface area contributed by atoms with Crippen molar-refractivity contribution in [2.75, 3.05) is 0 Å². The number of carboxylic acids is 1. The van der Waals surface area contributed by atoms with Gasteiger partial charge < -0.3 is 9.63 Å². The van der Waals surface area contributed by atoms with Gasteiger partial charge in [-0.15, -0.1) is 0 Å². The molecule has 0 radical (unpaired) electrons. The molecule has 110 valence electrons. The van der Waals surface area contributed by atoms with Gasteiger partial charge in [0.2, 0.25) is 5.89 Å². The largest absolute Gasteiger partial charge is 0.481 e. The Morgan fingerprint density at radius 2 is 2.05 bits per heavy atom. The molecule has 0 bridgehead atoms. The van der Waals surface area contributed by atoms with Crippen LogP contribution in [-0.4, -0.2) is 21.2 Å². The van der Waals surface area contributed by atoms with E-state index in [1.165, 1.54) is 5.56 Å². The predicted molar refractivity (Wildman–Crippen MR) is 75.9 cm³/mol. The van der Waals surface area contributed by atoms with E-state index >= 15 is 0 Å². The van der Waals surface area contributed by atoms with Crippen LogP contribution < -0.4 is 0 Å². The molecule has 1 aromatic heterocycles. The summed E-state index contributed by atoms with van der Waals surface area (Å²) in [5.74, 6) is 0.412. The lowest BCUT2D eigenvalue weighted by atomic mass is 10.1. The van der Waals surface area contributed by atoms with Crippen molar-refractivity contribution in [2.45, 2.75) is 38.0 Å². The topological polar surface area (TPSA) is 76.2 Å². The minimum absolute atomic E-state index is 0.101. The van der Waals surface area contributed by atoms with Crippen LogP contribution in [0.2, 0.25) is 0 Å². The summed E-state index contributed by atoms with van der Waals surface area (Å²) >= 11 is 0. The second-order valence-corrected chi connectivity index (χ2v) is 5.58. The normalized spacial score (nSPS) is 21.5. The highest BCUT2D eigenvalue weighted by molar-refractivity contribution is 5.70. The van der Waals surface area contributed by atoms with Gasteiger partial charge in [-0.1, -0.05) is 35.5 Å². The summed E-state index contributed by atoms with van der Waals surface area (Å²) in [4.78, 5) is 15.4. The molecule has 1 heterocycles. The van der Waals surface area contributed by atoms with Crippen LogP contribution in [0.1, 0.15) is 42.5 Å². The lowest BCUT2D eigenvalue weighted by molar-refractivity contribution is -0.141. The maximum Gasteiger partial charge on any atom is 0.306 e. The van der Waals surface area contributed by atoms with Crippen molar-refractivity contribution in [2.24, 2.45) is 5.92 Å². The molecule has 1 aromatic carbocycles. The van der Waals surface area contributed by atoms with Crippen molar-refractivity contribution in [3.05, 3.63) is 47.6 Å². The van der Waals surface area contributed by atoms with Crippen LogP contribution in [0.5, 0.6) is 0 Å². The van der Waals surface area contributed by atoms with Gasteiger partial charge in [0.1, 0.15) is 0 Å². The van der Waals surface area contributed by atoms with Gasteiger partial charge in [0, 0.05) is 12.3 Å². The van der Waals surface area contributed by atoms with Crippen LogP contribution in [0.3, 0.4) is 0 Å². The number of hydrogen-bond donors (Lipinski definition) is 1. The first kappa shape index (κ1) is 13.8. The first-order valence-electron chi connectivity index (χ1n) is 7.31. The van der Waals surface area contributed by atoms with Crippen LogP contribution >= 0.6 is 0 Å². The van der Waals surface area contributed by atoms with Crippen LogP contribution in [0, 0.1) is 5.92 Å². The highest BCUT2D eigenvalue weighted by Gasteiger charge is 2.33. The molecule has 0 saturated heterocycles. The third kappa shape index (κ3) is 3.29. The van der Waals surface area contributed by atoms with Gasteiger partial charge >= 0.3 is 5.97 Å². The first-order valence-corrected chi connectivity index (χ1v) is 7.31. The summed E-state index contributed by atoms with van der Waals surface area (Å²) in [7, 11) is 0. The maximum absolute atomic E-state index is 11.0. The fraction of sp³-hybridized carbons (Fsp3) is 0.438. The van der Waals surface area contributed by atoms with Crippen molar-refractivity contribution in [1.82, 2.24) is 10.1 Å². The van der Waals surface area contributed by atoms with E-state index in [-0.39, 0.29) is 11.8 Å². The fourth-order valence-electron chi connectivity index (χ4n) is 2.87. The van der Waals surface area contributed by atoms with E-state index < -0.39 is 5.97 Å². The molecule has 5 nitrogen and oxygen atoms in total. The molecule has 3 rings (SSSR count). The van der Waals surface area contributed by atoms with Crippen LogP contribution in [0.4, 0.5) is 0 Å². The van der Waals surface area contributed by atoms with Gasteiger partial charge in [0.25, 0.3) is 0 Å². The number of carboxylic acid groups (broad SMARTS) is 1. The van der Waals surface area contributed by atoms with E-state index in [2.05, 4.69) is 22.3 Å². The van der Waals surface area contributed by atoms with Crippen LogP contribution in [-0.2, 0) is 17.6 Å². The molecule has 1 aliphatic rings. The van der Waals surface area contributed by atoms with Gasteiger partial charge in [-0.3, -0.25) is 4.79 Å². The summed E-state index contributed by atoms with van der Waals surface area (Å²) in [6.45, 7) is 0. The Bertz CT molecular complexity index is 609. The molecular weight excluding hydrogens is 268 g/mol. The molecule has 1 saturated carbocycles. The number of aryl methyl sites for hydroxylation is 2.